The number of alkyl carbamates (subject to hydrolysis) is 1. The number of aromatic amines is 1. The van der Waals surface area contributed by atoms with Crippen molar-refractivity contribution in [2.75, 3.05) is 5.43 Å². The van der Waals surface area contributed by atoms with Gasteiger partial charge in [-0.1, -0.05) is 30.3 Å². The van der Waals surface area contributed by atoms with E-state index < -0.39 is 23.6 Å². The maximum absolute atomic E-state index is 13.1. The molecule has 4 rings (SSSR count). The van der Waals surface area contributed by atoms with Crippen molar-refractivity contribution in [2.45, 2.75) is 38.8 Å². The highest BCUT2D eigenvalue weighted by molar-refractivity contribution is 5.92. The van der Waals surface area contributed by atoms with Crippen molar-refractivity contribution in [3.05, 3.63) is 66.6 Å². The van der Waals surface area contributed by atoms with Gasteiger partial charge < -0.3 is 15.0 Å². The number of para-hydroxylation sites is 2. The van der Waals surface area contributed by atoms with Crippen LogP contribution in [0.2, 0.25) is 0 Å². The third-order valence-corrected chi connectivity index (χ3v) is 4.95. The van der Waals surface area contributed by atoms with Gasteiger partial charge in [0.1, 0.15) is 18.0 Å². The molecule has 1 unspecified atom stereocenters. The second-order valence-electron chi connectivity index (χ2n) is 8.62. The van der Waals surface area contributed by atoms with Gasteiger partial charge in [-0.15, -0.1) is 0 Å². The average molecular weight is 447 g/mol. The van der Waals surface area contributed by atoms with Crippen LogP contribution in [0.15, 0.2) is 61.1 Å². The van der Waals surface area contributed by atoms with Gasteiger partial charge in [0, 0.05) is 28.9 Å². The molecule has 0 bridgehead atoms. The Kier molecular flexibility index (Phi) is 6.12. The van der Waals surface area contributed by atoms with E-state index in [0.717, 1.165) is 27.4 Å². The van der Waals surface area contributed by atoms with E-state index in [1.54, 1.807) is 20.8 Å². The van der Waals surface area contributed by atoms with Crippen LogP contribution in [0.3, 0.4) is 0 Å². The van der Waals surface area contributed by atoms with E-state index in [0.29, 0.717) is 5.82 Å². The number of carbonyl (C=O) groups excluding carboxylic acids is 2. The van der Waals surface area contributed by atoms with E-state index in [1.165, 1.54) is 6.33 Å². The molecule has 0 saturated carbocycles. The van der Waals surface area contributed by atoms with Crippen LogP contribution in [0.25, 0.3) is 21.8 Å². The van der Waals surface area contributed by atoms with E-state index >= 15 is 0 Å². The predicted molar refractivity (Wildman–Crippen MR) is 126 cm³/mol. The first-order valence-corrected chi connectivity index (χ1v) is 10.6. The number of hydrogen-bond acceptors (Lipinski definition) is 6. The summed E-state index contributed by atoms with van der Waals surface area (Å²) in [7, 11) is 0. The van der Waals surface area contributed by atoms with Gasteiger partial charge in [0.15, 0.2) is 5.82 Å². The monoisotopic (exact) mass is 446 g/mol. The summed E-state index contributed by atoms with van der Waals surface area (Å²) < 4.78 is 5.37. The number of hydrogen-bond donors (Lipinski definition) is 4. The minimum atomic E-state index is -0.889. The highest BCUT2D eigenvalue weighted by Gasteiger charge is 2.26. The van der Waals surface area contributed by atoms with Gasteiger partial charge in [-0.05, 0) is 44.5 Å². The van der Waals surface area contributed by atoms with Crippen LogP contribution in [0.1, 0.15) is 26.3 Å². The molecule has 0 aliphatic rings. The summed E-state index contributed by atoms with van der Waals surface area (Å²) in [6.45, 7) is 5.30. The fraction of sp³-hybridized carbons (Fsp3) is 0.250. The van der Waals surface area contributed by atoms with E-state index in [1.807, 2.05) is 54.7 Å². The number of ether oxygens (including phenoxy) is 1. The molecule has 0 aliphatic carbocycles. The quantitative estimate of drug-likeness (QED) is 0.335. The van der Waals surface area contributed by atoms with Gasteiger partial charge in [0.25, 0.3) is 5.91 Å². The molecule has 4 aromatic rings. The van der Waals surface area contributed by atoms with Crippen LogP contribution >= 0.6 is 0 Å². The Morgan fingerprint density at radius 3 is 2.55 bits per heavy atom. The Hall–Kier alpha value is -4.14. The number of nitrogens with zero attached hydrogens (tertiary/aromatic N) is 2. The number of fused-ring (bicyclic) bond motifs is 2. The fourth-order valence-corrected chi connectivity index (χ4v) is 3.49. The lowest BCUT2D eigenvalue weighted by molar-refractivity contribution is -0.122. The van der Waals surface area contributed by atoms with Gasteiger partial charge >= 0.3 is 6.09 Å². The van der Waals surface area contributed by atoms with E-state index in [9.17, 15) is 9.59 Å². The second kappa shape index (κ2) is 9.15. The molecule has 4 N–H and O–H groups in total. The van der Waals surface area contributed by atoms with Gasteiger partial charge in [-0.2, -0.15) is 0 Å². The Morgan fingerprint density at radius 1 is 1.03 bits per heavy atom. The average Bonchev–Trinajstić information content (AvgIpc) is 3.18. The van der Waals surface area contributed by atoms with Crippen molar-refractivity contribution in [1.82, 2.24) is 25.7 Å². The lowest BCUT2D eigenvalue weighted by Crippen LogP contribution is -2.50. The summed E-state index contributed by atoms with van der Waals surface area (Å²) in [4.78, 5) is 37.2. The van der Waals surface area contributed by atoms with Crippen molar-refractivity contribution >= 4 is 39.6 Å². The van der Waals surface area contributed by atoms with Crippen LogP contribution < -0.4 is 16.2 Å². The van der Waals surface area contributed by atoms with Crippen molar-refractivity contribution in [3.8, 4) is 0 Å². The number of aromatic nitrogens is 3. The highest BCUT2D eigenvalue weighted by Crippen LogP contribution is 2.20. The number of rotatable bonds is 6. The van der Waals surface area contributed by atoms with Crippen LogP contribution in [-0.2, 0) is 16.0 Å². The number of nitrogens with one attached hydrogen (secondary N) is 4. The third kappa shape index (κ3) is 5.38. The molecule has 33 heavy (non-hydrogen) atoms. The molecular formula is C24H26N6O3. The maximum Gasteiger partial charge on any atom is 0.408 e. The minimum absolute atomic E-state index is 0.265. The molecule has 2 amide bonds. The first kappa shape index (κ1) is 22.1. The summed E-state index contributed by atoms with van der Waals surface area (Å²) in [5.74, 6) is 0.0193. The molecule has 0 fully saturated rings. The number of hydrazine groups is 1. The molecule has 0 radical (unpaired) electrons. The third-order valence-electron chi connectivity index (χ3n) is 4.95. The van der Waals surface area contributed by atoms with Gasteiger partial charge in [-0.25, -0.2) is 14.8 Å². The van der Waals surface area contributed by atoms with Crippen molar-refractivity contribution in [2.24, 2.45) is 0 Å². The normalized spacial score (nSPS) is 12.3. The van der Waals surface area contributed by atoms with Crippen molar-refractivity contribution < 1.29 is 14.3 Å². The Balaban J connectivity index is 1.53. The Labute approximate surface area is 190 Å². The number of benzene rings is 2. The highest BCUT2D eigenvalue weighted by atomic mass is 16.6. The fourth-order valence-electron chi connectivity index (χ4n) is 3.49. The Morgan fingerprint density at radius 2 is 1.76 bits per heavy atom. The number of amides is 2. The number of anilines is 1. The van der Waals surface area contributed by atoms with Crippen LogP contribution in [0.4, 0.5) is 10.6 Å². The van der Waals surface area contributed by atoms with E-state index in [4.69, 9.17) is 4.74 Å². The van der Waals surface area contributed by atoms with E-state index in [-0.39, 0.29) is 6.42 Å². The molecule has 9 nitrogen and oxygen atoms in total. The first-order chi connectivity index (χ1) is 15.8. The minimum Gasteiger partial charge on any atom is -0.444 e. The smallest absolute Gasteiger partial charge is 0.408 e. The lowest BCUT2D eigenvalue weighted by Gasteiger charge is -2.23. The Bertz CT molecular complexity index is 1290. The SMILES string of the molecule is CC(C)(C)OC(=O)NC(Cc1c[nH]c2ccccc12)C(=O)NNc1ncnc2ccccc12. The molecule has 9 heteroatoms. The van der Waals surface area contributed by atoms with Crippen LogP contribution in [0, 0.1) is 0 Å². The molecular weight excluding hydrogens is 420 g/mol. The zero-order chi connectivity index (χ0) is 23.4. The number of carbonyl (C=O) groups is 2. The van der Waals surface area contributed by atoms with Gasteiger partial charge in [0.2, 0.25) is 0 Å². The van der Waals surface area contributed by atoms with Crippen LogP contribution in [0.5, 0.6) is 0 Å². The lowest BCUT2D eigenvalue weighted by atomic mass is 10.0. The van der Waals surface area contributed by atoms with Gasteiger partial charge in [-0.3, -0.25) is 15.6 Å². The summed E-state index contributed by atoms with van der Waals surface area (Å²) in [5, 5.41) is 4.43. The molecule has 2 aromatic carbocycles. The molecule has 0 spiro atoms. The number of H-pyrrole nitrogens is 1. The van der Waals surface area contributed by atoms with Gasteiger partial charge in [0.05, 0.1) is 5.52 Å². The van der Waals surface area contributed by atoms with Crippen molar-refractivity contribution in [3.63, 3.8) is 0 Å². The summed E-state index contributed by atoms with van der Waals surface area (Å²) in [6.07, 6.45) is 2.85. The topological polar surface area (TPSA) is 121 Å². The summed E-state index contributed by atoms with van der Waals surface area (Å²) in [5.41, 5.74) is 7.42. The standard InChI is InChI=1S/C24H26N6O3/c1-24(2,3)33-23(32)28-20(12-15-13-25-18-10-6-4-8-16(15)18)22(31)30-29-21-17-9-5-7-11-19(17)26-14-27-21/h4-11,13-14,20,25H,12H2,1-3H3,(H,28,32)(H,30,31)(H,26,27,29). The predicted octanol–water partition coefficient (Wildman–Crippen LogP) is 3.69. The van der Waals surface area contributed by atoms with E-state index in [2.05, 4.69) is 31.1 Å². The molecule has 170 valence electrons. The van der Waals surface area contributed by atoms with Crippen molar-refractivity contribution in [1.29, 1.82) is 0 Å². The molecule has 0 saturated heterocycles. The first-order valence-electron chi connectivity index (χ1n) is 10.6. The van der Waals surface area contributed by atoms with Crippen LogP contribution in [-0.4, -0.2) is 38.6 Å². The largest absolute Gasteiger partial charge is 0.444 e. The maximum atomic E-state index is 13.1. The molecule has 1 atom stereocenters. The summed E-state index contributed by atoms with van der Waals surface area (Å²) in [6, 6.07) is 14.3. The molecule has 2 heterocycles. The zero-order valence-electron chi connectivity index (χ0n) is 18.7. The second-order valence-corrected chi connectivity index (χ2v) is 8.62. The summed E-state index contributed by atoms with van der Waals surface area (Å²) >= 11 is 0. The molecule has 2 aromatic heterocycles. The molecule has 0 aliphatic heterocycles. The zero-order valence-corrected chi connectivity index (χ0v) is 18.7.